The van der Waals surface area contributed by atoms with Crippen molar-refractivity contribution in [1.29, 1.82) is 10.5 Å². The summed E-state index contributed by atoms with van der Waals surface area (Å²) in [6.07, 6.45) is 3.69. The van der Waals surface area contributed by atoms with Crippen molar-refractivity contribution >= 4 is 43.6 Å². The van der Waals surface area contributed by atoms with Crippen LogP contribution < -0.4 is 0 Å². The predicted octanol–water partition coefficient (Wildman–Crippen LogP) is 14.7. The number of fused-ring (bicyclic) bond motifs is 6. The first kappa shape index (κ1) is 38.3. The quantitative estimate of drug-likeness (QED) is 0.160. The van der Waals surface area contributed by atoms with Crippen LogP contribution in [0.5, 0.6) is 0 Å². The maximum Gasteiger partial charge on any atom is 0.0998 e. The number of hydrogen-bond acceptors (Lipinski definition) is 4. The van der Waals surface area contributed by atoms with E-state index < -0.39 is 0 Å². The minimum absolute atomic E-state index is 0.494. The second kappa shape index (κ2) is 15.8. The van der Waals surface area contributed by atoms with Crippen molar-refractivity contribution in [2.24, 2.45) is 0 Å². The Morgan fingerprint density at radius 3 is 1.33 bits per heavy atom. The molecular formula is C60H36N6. The SMILES string of the molecule is N#Cc1cccc(-c2cc(-n3c4ccccc4c4ccc(-c5cccnc5-c5ccccc5)cc43)c(-n3c4ccccc4c4ccc(-c5cccnc5-c5ccccc5)cc43)cc2C#N)c1. The Bertz CT molecular complexity index is 3960. The van der Waals surface area contributed by atoms with Gasteiger partial charge in [0, 0.05) is 61.8 Å². The van der Waals surface area contributed by atoms with Gasteiger partial charge >= 0.3 is 0 Å². The Morgan fingerprint density at radius 2 is 0.803 bits per heavy atom. The Labute approximate surface area is 380 Å². The molecule has 4 heterocycles. The lowest BCUT2D eigenvalue weighted by molar-refractivity contribution is 1.09. The first-order valence-corrected chi connectivity index (χ1v) is 21.8. The fourth-order valence-corrected chi connectivity index (χ4v) is 9.75. The highest BCUT2D eigenvalue weighted by atomic mass is 15.1. The third-order valence-corrected chi connectivity index (χ3v) is 12.7. The normalized spacial score (nSPS) is 11.3. The molecule has 0 aliphatic heterocycles. The highest BCUT2D eigenvalue weighted by Gasteiger charge is 2.24. The number of hydrogen-bond donors (Lipinski definition) is 0. The molecule has 4 aromatic heterocycles. The van der Waals surface area contributed by atoms with E-state index in [-0.39, 0.29) is 0 Å². The molecule has 12 aromatic rings. The molecule has 0 saturated carbocycles. The number of rotatable bonds is 7. The topological polar surface area (TPSA) is 83.2 Å². The van der Waals surface area contributed by atoms with E-state index in [1.807, 2.05) is 85.2 Å². The molecule has 0 amide bonds. The van der Waals surface area contributed by atoms with Crippen LogP contribution in [-0.2, 0) is 0 Å². The van der Waals surface area contributed by atoms with Crippen LogP contribution in [0.15, 0.2) is 219 Å². The molecule has 0 bridgehead atoms. The number of aromatic nitrogens is 4. The number of pyridine rings is 2. The van der Waals surface area contributed by atoms with Gasteiger partial charge in [-0.2, -0.15) is 10.5 Å². The van der Waals surface area contributed by atoms with E-state index in [1.54, 1.807) is 6.07 Å². The third kappa shape index (κ3) is 6.25. The lowest BCUT2D eigenvalue weighted by Crippen LogP contribution is -2.05. The average Bonchev–Trinajstić information content (AvgIpc) is 3.90. The van der Waals surface area contributed by atoms with Crippen molar-refractivity contribution in [3.8, 4) is 79.4 Å². The van der Waals surface area contributed by atoms with E-state index in [4.69, 9.17) is 9.97 Å². The van der Waals surface area contributed by atoms with Gasteiger partial charge in [0.05, 0.1) is 68.1 Å². The molecule has 306 valence electrons. The summed E-state index contributed by atoms with van der Waals surface area (Å²) in [5.74, 6) is 0. The van der Waals surface area contributed by atoms with Gasteiger partial charge in [-0.15, -0.1) is 0 Å². The van der Waals surface area contributed by atoms with Gasteiger partial charge in [-0.1, -0.05) is 146 Å². The van der Waals surface area contributed by atoms with Gasteiger partial charge in [0.25, 0.3) is 0 Å². The number of nitriles is 2. The first-order chi connectivity index (χ1) is 32.7. The minimum atomic E-state index is 0.494. The van der Waals surface area contributed by atoms with Crippen LogP contribution in [0.2, 0.25) is 0 Å². The molecule has 6 heteroatoms. The average molecular weight is 841 g/mol. The Morgan fingerprint density at radius 1 is 0.333 bits per heavy atom. The lowest BCUT2D eigenvalue weighted by Gasteiger charge is -2.20. The van der Waals surface area contributed by atoms with E-state index in [9.17, 15) is 10.5 Å². The Hall–Kier alpha value is -9.36. The van der Waals surface area contributed by atoms with Gasteiger partial charge in [-0.05, 0) is 77.4 Å². The maximum atomic E-state index is 11.1. The molecule has 12 rings (SSSR count). The van der Waals surface area contributed by atoms with Crippen LogP contribution in [0.25, 0.3) is 111 Å². The zero-order valence-electron chi connectivity index (χ0n) is 35.5. The van der Waals surface area contributed by atoms with Crippen molar-refractivity contribution < 1.29 is 0 Å². The summed E-state index contributed by atoms with van der Waals surface area (Å²) in [6.45, 7) is 0. The van der Waals surface area contributed by atoms with Crippen molar-refractivity contribution in [3.63, 3.8) is 0 Å². The Balaban J connectivity index is 1.19. The summed E-state index contributed by atoms with van der Waals surface area (Å²) in [7, 11) is 0. The fraction of sp³-hybridized carbons (Fsp3) is 0. The van der Waals surface area contributed by atoms with Gasteiger partial charge < -0.3 is 9.13 Å². The fourth-order valence-electron chi connectivity index (χ4n) is 9.75. The molecule has 0 fully saturated rings. The van der Waals surface area contributed by atoms with E-state index in [0.717, 1.165) is 111 Å². The maximum absolute atomic E-state index is 11.1. The summed E-state index contributed by atoms with van der Waals surface area (Å²) >= 11 is 0. The summed E-state index contributed by atoms with van der Waals surface area (Å²) in [4.78, 5) is 9.79. The molecule has 0 unspecified atom stereocenters. The van der Waals surface area contributed by atoms with Crippen LogP contribution >= 0.6 is 0 Å². The molecule has 6 nitrogen and oxygen atoms in total. The summed E-state index contributed by atoms with van der Waals surface area (Å²) < 4.78 is 4.66. The van der Waals surface area contributed by atoms with Gasteiger partial charge in [0.2, 0.25) is 0 Å². The molecule has 66 heavy (non-hydrogen) atoms. The molecule has 0 N–H and O–H groups in total. The molecule has 0 aliphatic rings. The smallest absolute Gasteiger partial charge is 0.0998 e. The van der Waals surface area contributed by atoms with E-state index >= 15 is 0 Å². The van der Waals surface area contributed by atoms with E-state index in [2.05, 4.69) is 149 Å². The monoisotopic (exact) mass is 840 g/mol. The largest absolute Gasteiger partial charge is 0.307 e. The van der Waals surface area contributed by atoms with Crippen molar-refractivity contribution in [1.82, 2.24) is 19.1 Å². The molecule has 0 radical (unpaired) electrons. The van der Waals surface area contributed by atoms with Crippen LogP contribution in [0, 0.1) is 22.7 Å². The summed E-state index contributed by atoms with van der Waals surface area (Å²) in [6, 6.07) is 75.8. The summed E-state index contributed by atoms with van der Waals surface area (Å²) in [5, 5.41) is 25.5. The van der Waals surface area contributed by atoms with Crippen LogP contribution in [0.3, 0.4) is 0 Å². The van der Waals surface area contributed by atoms with Crippen molar-refractivity contribution in [3.05, 3.63) is 230 Å². The number of nitrogens with zero attached hydrogens (tertiary/aromatic N) is 6. The highest BCUT2D eigenvalue weighted by molar-refractivity contribution is 6.13. The highest BCUT2D eigenvalue weighted by Crippen LogP contribution is 2.43. The van der Waals surface area contributed by atoms with Crippen LogP contribution in [-0.4, -0.2) is 19.1 Å². The van der Waals surface area contributed by atoms with Crippen molar-refractivity contribution in [2.75, 3.05) is 0 Å². The van der Waals surface area contributed by atoms with Gasteiger partial charge in [0.15, 0.2) is 0 Å². The second-order valence-corrected chi connectivity index (χ2v) is 16.4. The first-order valence-electron chi connectivity index (χ1n) is 21.8. The Kier molecular flexibility index (Phi) is 9.16. The zero-order valence-corrected chi connectivity index (χ0v) is 35.5. The predicted molar refractivity (Wildman–Crippen MR) is 267 cm³/mol. The molecular weight excluding hydrogens is 805 g/mol. The number of para-hydroxylation sites is 2. The van der Waals surface area contributed by atoms with Gasteiger partial charge in [0.1, 0.15) is 0 Å². The standard InChI is InChI=1S/C60H36N6/c61-37-39-14-11-19-42(32-39)52-36-58(66-54-25-10-8-21-49(54)51-29-27-44(34-56(51)66)47-23-13-31-64-60(47)41-17-5-2-6-18-41)57(35-45(52)38-62)65-53-24-9-7-20-48(53)50-28-26-43(33-55(50)65)46-22-12-30-63-59(46)40-15-3-1-4-16-40/h1-36H. The molecule has 0 saturated heterocycles. The third-order valence-electron chi connectivity index (χ3n) is 12.7. The van der Waals surface area contributed by atoms with E-state index in [0.29, 0.717) is 11.1 Å². The zero-order chi connectivity index (χ0) is 44.1. The molecule has 0 spiro atoms. The molecule has 0 aliphatic carbocycles. The minimum Gasteiger partial charge on any atom is -0.307 e. The second-order valence-electron chi connectivity index (χ2n) is 16.4. The number of benzene rings is 8. The summed E-state index contributed by atoms with van der Waals surface area (Å²) in [5.41, 5.74) is 16.3. The van der Waals surface area contributed by atoms with E-state index in [1.165, 1.54) is 0 Å². The van der Waals surface area contributed by atoms with Crippen LogP contribution in [0.1, 0.15) is 11.1 Å². The molecule has 0 atom stereocenters. The van der Waals surface area contributed by atoms with Crippen molar-refractivity contribution in [2.45, 2.75) is 0 Å². The lowest BCUT2D eigenvalue weighted by atomic mass is 9.96. The van der Waals surface area contributed by atoms with Crippen LogP contribution in [0.4, 0.5) is 0 Å². The van der Waals surface area contributed by atoms with Gasteiger partial charge in [-0.25, -0.2) is 0 Å². The molecule has 8 aromatic carbocycles. The van der Waals surface area contributed by atoms with Gasteiger partial charge in [-0.3, -0.25) is 9.97 Å².